The Kier molecular flexibility index (Phi) is 3.92. The van der Waals surface area contributed by atoms with Crippen LogP contribution in [0.2, 0.25) is 0 Å². The minimum Gasteiger partial charge on any atom is -0.392 e. The zero-order valence-electron chi connectivity index (χ0n) is 10.9. The minimum absolute atomic E-state index is 0.0402. The summed E-state index contributed by atoms with van der Waals surface area (Å²) in [5.41, 5.74) is 5.19. The van der Waals surface area contributed by atoms with Gasteiger partial charge in [0.15, 0.2) is 0 Å². The van der Waals surface area contributed by atoms with Crippen molar-refractivity contribution in [3.63, 3.8) is 0 Å². The summed E-state index contributed by atoms with van der Waals surface area (Å²) in [6.45, 7) is 3.15. The Morgan fingerprint density at radius 2 is 2.06 bits per heavy atom. The van der Waals surface area contributed by atoms with E-state index in [4.69, 9.17) is 18.0 Å². The Bertz CT molecular complexity index is 353. The van der Waals surface area contributed by atoms with Crippen LogP contribution in [-0.4, -0.2) is 40.1 Å². The molecular weight excluding hydrogens is 248 g/mol. The van der Waals surface area contributed by atoms with E-state index in [1.807, 2.05) is 6.92 Å². The van der Waals surface area contributed by atoms with E-state index in [1.54, 1.807) is 4.90 Å². The normalized spacial score (nSPS) is 31.3. The van der Waals surface area contributed by atoms with Crippen LogP contribution in [0.4, 0.5) is 0 Å². The van der Waals surface area contributed by atoms with Gasteiger partial charge in [0, 0.05) is 13.1 Å². The number of β-amino-alcohol motifs (C(OH)–C–C–N with tert-alkyl or cyclic N) is 1. The average Bonchev–Trinajstić information content (AvgIpc) is 2.82. The molecule has 18 heavy (non-hydrogen) atoms. The predicted molar refractivity (Wildman–Crippen MR) is 74.1 cm³/mol. The van der Waals surface area contributed by atoms with Gasteiger partial charge < -0.3 is 15.7 Å². The van der Waals surface area contributed by atoms with Crippen LogP contribution in [0.5, 0.6) is 0 Å². The lowest BCUT2D eigenvalue weighted by Gasteiger charge is -2.39. The molecule has 5 heteroatoms. The minimum atomic E-state index is -0.629. The van der Waals surface area contributed by atoms with Crippen LogP contribution in [0.25, 0.3) is 0 Å². The quantitative estimate of drug-likeness (QED) is 0.736. The highest BCUT2D eigenvalue weighted by molar-refractivity contribution is 7.80. The Morgan fingerprint density at radius 1 is 1.44 bits per heavy atom. The second kappa shape index (κ2) is 5.13. The molecule has 1 saturated heterocycles. The number of piperidine rings is 1. The first-order valence-electron chi connectivity index (χ1n) is 6.75. The number of likely N-dealkylation sites (tertiary alicyclic amines) is 1. The van der Waals surface area contributed by atoms with E-state index < -0.39 is 11.5 Å². The maximum Gasteiger partial charge on any atom is 0.235 e. The fourth-order valence-corrected chi connectivity index (χ4v) is 3.37. The Hall–Kier alpha value is -0.680. The molecule has 102 valence electrons. The molecule has 0 aromatic rings. The molecule has 2 fully saturated rings. The zero-order valence-corrected chi connectivity index (χ0v) is 11.7. The van der Waals surface area contributed by atoms with Crippen LogP contribution in [-0.2, 0) is 4.79 Å². The van der Waals surface area contributed by atoms with Crippen LogP contribution in [0, 0.1) is 11.3 Å². The molecule has 0 bridgehead atoms. The van der Waals surface area contributed by atoms with E-state index in [-0.39, 0.29) is 11.8 Å². The van der Waals surface area contributed by atoms with Crippen molar-refractivity contribution in [2.45, 2.75) is 45.1 Å². The molecule has 0 aromatic carbocycles. The number of hydrogen-bond acceptors (Lipinski definition) is 3. The molecule has 1 amide bonds. The van der Waals surface area contributed by atoms with Crippen molar-refractivity contribution in [1.29, 1.82) is 0 Å². The van der Waals surface area contributed by atoms with Gasteiger partial charge in [-0.15, -0.1) is 0 Å². The third-order valence-electron chi connectivity index (χ3n) is 4.54. The van der Waals surface area contributed by atoms with E-state index in [0.29, 0.717) is 18.1 Å². The van der Waals surface area contributed by atoms with Gasteiger partial charge in [0.05, 0.1) is 16.5 Å². The Morgan fingerprint density at radius 3 is 2.56 bits per heavy atom. The van der Waals surface area contributed by atoms with Gasteiger partial charge in [0.1, 0.15) is 0 Å². The molecule has 1 saturated carbocycles. The summed E-state index contributed by atoms with van der Waals surface area (Å²) in [6, 6.07) is 0. The number of aliphatic hydroxyl groups excluding tert-OH is 1. The van der Waals surface area contributed by atoms with Gasteiger partial charge in [-0.05, 0) is 25.2 Å². The van der Waals surface area contributed by atoms with Gasteiger partial charge in [-0.25, -0.2) is 0 Å². The smallest absolute Gasteiger partial charge is 0.235 e. The van der Waals surface area contributed by atoms with E-state index in [9.17, 15) is 9.90 Å². The summed E-state index contributed by atoms with van der Waals surface area (Å²) >= 11 is 5.13. The second-order valence-corrected chi connectivity index (χ2v) is 6.18. The molecule has 2 aliphatic rings. The predicted octanol–water partition coefficient (Wildman–Crippen LogP) is 1.06. The third-order valence-corrected chi connectivity index (χ3v) is 4.93. The van der Waals surface area contributed by atoms with Gasteiger partial charge >= 0.3 is 0 Å². The van der Waals surface area contributed by atoms with Gasteiger partial charge in [0.25, 0.3) is 0 Å². The van der Waals surface area contributed by atoms with E-state index >= 15 is 0 Å². The lowest BCUT2D eigenvalue weighted by atomic mass is 9.83. The van der Waals surface area contributed by atoms with Gasteiger partial charge in [-0.1, -0.05) is 32.0 Å². The Labute approximate surface area is 114 Å². The molecule has 0 aromatic heterocycles. The summed E-state index contributed by atoms with van der Waals surface area (Å²) in [5, 5.41) is 9.90. The fraction of sp³-hybridized carbons (Fsp3) is 0.846. The summed E-state index contributed by atoms with van der Waals surface area (Å²) in [5.74, 6) is 0.303. The van der Waals surface area contributed by atoms with E-state index in [1.165, 1.54) is 0 Å². The molecule has 0 radical (unpaired) electrons. The lowest BCUT2D eigenvalue weighted by molar-refractivity contribution is -0.142. The molecule has 0 spiro atoms. The van der Waals surface area contributed by atoms with Crippen LogP contribution in [0.15, 0.2) is 0 Å². The fourth-order valence-electron chi connectivity index (χ4n) is 3.08. The molecule has 1 aliphatic heterocycles. The third kappa shape index (κ3) is 2.26. The maximum absolute atomic E-state index is 12.7. The molecule has 2 unspecified atom stereocenters. The van der Waals surface area contributed by atoms with Crippen LogP contribution in [0.3, 0.4) is 0 Å². The number of carbonyl (C=O) groups excluding carboxylic acids is 1. The van der Waals surface area contributed by atoms with E-state index in [0.717, 1.165) is 32.1 Å². The SMILES string of the molecule is CC1CCN(C(=O)C2(C(N)=S)CCCC2)CC1O. The molecule has 2 atom stereocenters. The lowest BCUT2D eigenvalue weighted by Crippen LogP contribution is -2.54. The second-order valence-electron chi connectivity index (χ2n) is 5.74. The molecule has 1 heterocycles. The van der Waals surface area contributed by atoms with Crippen LogP contribution in [0.1, 0.15) is 39.0 Å². The van der Waals surface area contributed by atoms with Crippen molar-refractivity contribution in [2.75, 3.05) is 13.1 Å². The van der Waals surface area contributed by atoms with Crippen LogP contribution < -0.4 is 5.73 Å². The average molecular weight is 270 g/mol. The van der Waals surface area contributed by atoms with Crippen molar-refractivity contribution in [3.8, 4) is 0 Å². The van der Waals surface area contributed by atoms with Crippen molar-refractivity contribution in [3.05, 3.63) is 0 Å². The monoisotopic (exact) mass is 270 g/mol. The number of hydrogen-bond donors (Lipinski definition) is 2. The number of amides is 1. The van der Waals surface area contributed by atoms with Crippen molar-refractivity contribution < 1.29 is 9.90 Å². The van der Waals surface area contributed by atoms with Crippen molar-refractivity contribution in [1.82, 2.24) is 4.90 Å². The van der Waals surface area contributed by atoms with Gasteiger partial charge in [-0.2, -0.15) is 0 Å². The molecule has 3 N–H and O–H groups in total. The highest BCUT2D eigenvalue weighted by atomic mass is 32.1. The zero-order chi connectivity index (χ0) is 13.3. The largest absolute Gasteiger partial charge is 0.392 e. The maximum atomic E-state index is 12.7. The van der Waals surface area contributed by atoms with Gasteiger partial charge in [-0.3, -0.25) is 4.79 Å². The number of thiocarbonyl (C=S) groups is 1. The summed E-state index contributed by atoms with van der Waals surface area (Å²) in [4.78, 5) is 14.8. The highest BCUT2D eigenvalue weighted by Gasteiger charge is 2.47. The van der Waals surface area contributed by atoms with Gasteiger partial charge in [0.2, 0.25) is 5.91 Å². The summed E-state index contributed by atoms with van der Waals surface area (Å²) < 4.78 is 0. The summed E-state index contributed by atoms with van der Waals surface area (Å²) in [7, 11) is 0. The molecule has 4 nitrogen and oxygen atoms in total. The molecular formula is C13H22N2O2S. The highest BCUT2D eigenvalue weighted by Crippen LogP contribution is 2.40. The standard InChI is InChI=1S/C13H22N2O2S/c1-9-4-7-15(8-10(9)16)12(17)13(11(14)18)5-2-3-6-13/h9-10,16H,2-8H2,1H3,(H2,14,18). The Balaban J connectivity index is 2.12. The first-order valence-corrected chi connectivity index (χ1v) is 7.15. The van der Waals surface area contributed by atoms with Crippen molar-refractivity contribution in [2.24, 2.45) is 17.1 Å². The number of rotatable bonds is 2. The number of aliphatic hydroxyl groups is 1. The van der Waals surface area contributed by atoms with E-state index in [2.05, 4.69) is 0 Å². The summed E-state index contributed by atoms with van der Waals surface area (Å²) in [6.07, 6.45) is 3.98. The van der Waals surface area contributed by atoms with Crippen LogP contribution >= 0.6 is 12.2 Å². The first-order chi connectivity index (χ1) is 8.47. The first kappa shape index (κ1) is 13.7. The molecule has 2 rings (SSSR count). The molecule has 1 aliphatic carbocycles. The van der Waals surface area contributed by atoms with Crippen molar-refractivity contribution >= 4 is 23.1 Å². The number of nitrogens with zero attached hydrogens (tertiary/aromatic N) is 1. The number of nitrogens with two attached hydrogens (primary N) is 1. The topological polar surface area (TPSA) is 66.6 Å². The number of carbonyl (C=O) groups is 1.